The highest BCUT2D eigenvalue weighted by Gasteiger charge is 2.26. The molecule has 0 bridgehead atoms. The maximum absolute atomic E-state index is 11.9. The first-order valence-electron chi connectivity index (χ1n) is 9.49. The van der Waals surface area contributed by atoms with E-state index in [9.17, 15) is 14.4 Å². The van der Waals surface area contributed by atoms with Gasteiger partial charge in [0.1, 0.15) is 5.60 Å². The summed E-state index contributed by atoms with van der Waals surface area (Å²) in [6.45, 7) is 7.54. The van der Waals surface area contributed by atoms with Gasteiger partial charge in [0, 0.05) is 25.8 Å². The van der Waals surface area contributed by atoms with Crippen molar-refractivity contribution in [3.63, 3.8) is 0 Å². The second-order valence-corrected chi connectivity index (χ2v) is 8.99. The average Bonchev–Trinajstić information content (AvgIpc) is 2.96. The van der Waals surface area contributed by atoms with Crippen LogP contribution in [-0.2, 0) is 9.53 Å². The van der Waals surface area contributed by atoms with Gasteiger partial charge in [0.25, 0.3) is 11.1 Å². The molecule has 0 aliphatic carbocycles. The monoisotopic (exact) mass is 419 g/mol. The first kappa shape index (κ1) is 21.1. The lowest BCUT2D eigenvalue weighted by Gasteiger charge is -2.33. The quantitative estimate of drug-likeness (QED) is 0.716. The molecule has 29 heavy (non-hydrogen) atoms. The summed E-state index contributed by atoms with van der Waals surface area (Å²) in [6, 6.07) is 1.69. The number of nitrogens with zero attached hydrogens (tertiary/aromatic N) is 3. The Balaban J connectivity index is 1.61. The van der Waals surface area contributed by atoms with Crippen LogP contribution in [0, 0.1) is 5.92 Å². The number of nitrogens with one attached hydrogen (secondary N) is 2. The summed E-state index contributed by atoms with van der Waals surface area (Å²) >= 11 is 0.859. The third-order valence-corrected chi connectivity index (χ3v) is 5.13. The van der Waals surface area contributed by atoms with Gasteiger partial charge < -0.3 is 15.0 Å². The zero-order valence-corrected chi connectivity index (χ0v) is 17.5. The van der Waals surface area contributed by atoms with Gasteiger partial charge in [0.15, 0.2) is 0 Å². The molecule has 2 saturated heterocycles. The minimum Gasteiger partial charge on any atom is -0.444 e. The molecule has 0 saturated carbocycles. The van der Waals surface area contributed by atoms with E-state index in [1.165, 1.54) is 0 Å². The summed E-state index contributed by atoms with van der Waals surface area (Å²) in [6.07, 6.45) is 4.76. The van der Waals surface area contributed by atoms with Crippen LogP contribution >= 0.6 is 11.8 Å². The summed E-state index contributed by atoms with van der Waals surface area (Å²) in [5.74, 6) is 0.415. The number of rotatable bonds is 4. The topological polar surface area (TPSA) is 114 Å². The Morgan fingerprint density at radius 1 is 1.45 bits per heavy atom. The number of carbonyl (C=O) groups excluding carboxylic acids is 3. The lowest BCUT2D eigenvalue weighted by Crippen LogP contribution is -2.42. The zero-order chi connectivity index (χ0) is 21.0. The fourth-order valence-electron chi connectivity index (χ4n) is 3.11. The van der Waals surface area contributed by atoms with E-state index in [1.807, 2.05) is 20.8 Å². The lowest BCUT2D eigenvalue weighted by molar-refractivity contribution is -0.115. The van der Waals surface area contributed by atoms with E-state index >= 15 is 0 Å². The molecule has 2 N–H and O–H groups in total. The molecule has 1 atom stereocenters. The second kappa shape index (κ2) is 8.81. The maximum atomic E-state index is 11.9. The first-order valence-corrected chi connectivity index (χ1v) is 10.3. The molecule has 1 aromatic heterocycles. The molecule has 0 aromatic carbocycles. The number of hydrogen-bond donors (Lipinski definition) is 2. The van der Waals surface area contributed by atoms with Crippen molar-refractivity contribution in [2.45, 2.75) is 39.2 Å². The molecule has 9 nitrogen and oxygen atoms in total. The molecule has 156 valence electrons. The van der Waals surface area contributed by atoms with E-state index in [-0.39, 0.29) is 11.2 Å². The Morgan fingerprint density at radius 2 is 2.24 bits per heavy atom. The summed E-state index contributed by atoms with van der Waals surface area (Å²) < 4.78 is 5.28. The summed E-state index contributed by atoms with van der Waals surface area (Å²) in [7, 11) is 0. The Bertz CT molecular complexity index is 836. The highest BCUT2D eigenvalue weighted by molar-refractivity contribution is 8.18. The van der Waals surface area contributed by atoms with Gasteiger partial charge >= 0.3 is 6.09 Å². The molecule has 3 heterocycles. The number of ether oxygens (including phenoxy) is 1. The minimum absolute atomic E-state index is 0.260. The molecule has 2 fully saturated rings. The maximum Gasteiger partial charge on any atom is 0.407 e. The van der Waals surface area contributed by atoms with Gasteiger partial charge in [-0.3, -0.25) is 14.9 Å². The van der Waals surface area contributed by atoms with Gasteiger partial charge in [0.05, 0.1) is 10.6 Å². The molecule has 3 rings (SSSR count). The highest BCUT2D eigenvalue weighted by atomic mass is 32.2. The van der Waals surface area contributed by atoms with Crippen molar-refractivity contribution >= 4 is 41.0 Å². The van der Waals surface area contributed by atoms with Gasteiger partial charge in [-0.25, -0.2) is 14.8 Å². The van der Waals surface area contributed by atoms with E-state index < -0.39 is 17.6 Å². The van der Waals surface area contributed by atoms with E-state index in [0.717, 1.165) is 31.1 Å². The molecule has 2 aliphatic rings. The number of carbonyl (C=O) groups is 3. The molecule has 1 aromatic rings. The fraction of sp³-hybridized carbons (Fsp3) is 0.526. The van der Waals surface area contributed by atoms with Crippen LogP contribution in [0.25, 0.3) is 6.08 Å². The zero-order valence-electron chi connectivity index (χ0n) is 16.7. The Labute approximate surface area is 173 Å². The predicted molar refractivity (Wildman–Crippen MR) is 110 cm³/mol. The summed E-state index contributed by atoms with van der Waals surface area (Å²) in [4.78, 5) is 46.1. The lowest BCUT2D eigenvalue weighted by atomic mass is 9.98. The van der Waals surface area contributed by atoms with Gasteiger partial charge in [0.2, 0.25) is 5.95 Å². The van der Waals surface area contributed by atoms with Crippen molar-refractivity contribution < 1.29 is 19.1 Å². The van der Waals surface area contributed by atoms with Crippen molar-refractivity contribution in [3.05, 3.63) is 22.9 Å². The largest absolute Gasteiger partial charge is 0.444 e. The highest BCUT2D eigenvalue weighted by Crippen LogP contribution is 2.26. The van der Waals surface area contributed by atoms with Gasteiger partial charge in [-0.15, -0.1) is 0 Å². The first-order chi connectivity index (χ1) is 13.7. The van der Waals surface area contributed by atoms with Crippen LogP contribution in [0.15, 0.2) is 17.2 Å². The van der Waals surface area contributed by atoms with Crippen LogP contribution in [0.3, 0.4) is 0 Å². The molecule has 10 heteroatoms. The van der Waals surface area contributed by atoms with Crippen LogP contribution < -0.4 is 15.5 Å². The number of alkyl carbamates (subject to hydrolysis) is 1. The molecule has 0 radical (unpaired) electrons. The van der Waals surface area contributed by atoms with E-state index in [4.69, 9.17) is 4.74 Å². The van der Waals surface area contributed by atoms with Crippen LogP contribution in [0.2, 0.25) is 0 Å². The minimum atomic E-state index is -0.523. The molecular weight excluding hydrogens is 394 g/mol. The average molecular weight is 420 g/mol. The van der Waals surface area contributed by atoms with E-state index in [2.05, 4.69) is 25.5 Å². The van der Waals surface area contributed by atoms with Crippen molar-refractivity contribution in [2.75, 3.05) is 24.5 Å². The smallest absolute Gasteiger partial charge is 0.407 e. The molecule has 2 aliphatic heterocycles. The Hall–Kier alpha value is -2.62. The molecule has 3 amide bonds. The van der Waals surface area contributed by atoms with E-state index in [0.29, 0.717) is 29.6 Å². The van der Waals surface area contributed by atoms with Gasteiger partial charge in [-0.1, -0.05) is 0 Å². The summed E-state index contributed by atoms with van der Waals surface area (Å²) in [5, 5.41) is 4.68. The second-order valence-electron chi connectivity index (χ2n) is 7.97. The molecule has 1 unspecified atom stereocenters. The van der Waals surface area contributed by atoms with Crippen molar-refractivity contribution in [2.24, 2.45) is 5.92 Å². The van der Waals surface area contributed by atoms with Crippen LogP contribution in [0.4, 0.5) is 15.5 Å². The number of hydrogen-bond acceptors (Lipinski definition) is 8. The number of thioether (sulfide) groups is 1. The standard InChI is InChI=1S/C19H25N5O4S/c1-19(2,3)28-17(26)21-10-12-5-4-8-24(11-12)16-20-7-6-13(22-16)9-14-15(25)23-18(27)29-14/h6-7,9,12H,4-5,8,10-11H2,1-3H3,(H,21,26)(H,23,25,27)/b14-9-. The number of amides is 3. The fourth-order valence-corrected chi connectivity index (χ4v) is 3.77. The van der Waals surface area contributed by atoms with Crippen molar-refractivity contribution in [1.82, 2.24) is 20.6 Å². The normalized spacial score (nSPS) is 21.3. The van der Waals surface area contributed by atoms with Crippen molar-refractivity contribution in [3.8, 4) is 0 Å². The van der Waals surface area contributed by atoms with Crippen molar-refractivity contribution in [1.29, 1.82) is 0 Å². The Morgan fingerprint density at radius 3 is 2.93 bits per heavy atom. The number of piperidine rings is 1. The molecular formula is C19H25N5O4S. The number of imide groups is 1. The van der Waals surface area contributed by atoms with Crippen LogP contribution in [0.1, 0.15) is 39.3 Å². The van der Waals surface area contributed by atoms with Crippen LogP contribution in [0.5, 0.6) is 0 Å². The van der Waals surface area contributed by atoms with Gasteiger partial charge in [-0.2, -0.15) is 0 Å². The third kappa shape index (κ3) is 6.18. The van der Waals surface area contributed by atoms with Crippen LogP contribution in [-0.4, -0.2) is 52.4 Å². The predicted octanol–water partition coefficient (Wildman–Crippen LogP) is 2.54. The molecule has 0 spiro atoms. The third-order valence-electron chi connectivity index (χ3n) is 4.32. The Kier molecular flexibility index (Phi) is 6.41. The van der Waals surface area contributed by atoms with Gasteiger partial charge in [-0.05, 0) is 63.4 Å². The number of aromatic nitrogens is 2. The SMILES string of the molecule is CC(C)(C)OC(=O)NCC1CCCN(c2nccc(/C=C3\SC(=O)NC3=O)n2)C1. The van der Waals surface area contributed by atoms with E-state index in [1.54, 1.807) is 18.3 Å². The number of anilines is 1. The summed E-state index contributed by atoms with van der Waals surface area (Å²) in [5.41, 5.74) is 0.0428.